The SMILES string of the molecule is N#CCC1(CN(CC(N)=O)C2CCNCC2)CC1. The fourth-order valence-electron chi connectivity index (χ4n) is 2.85. The number of rotatable bonds is 6. The molecule has 1 amide bonds. The summed E-state index contributed by atoms with van der Waals surface area (Å²) in [6.07, 6.45) is 4.96. The van der Waals surface area contributed by atoms with Crippen LogP contribution in [0.1, 0.15) is 32.1 Å². The smallest absolute Gasteiger partial charge is 0.231 e. The van der Waals surface area contributed by atoms with Crippen molar-refractivity contribution in [2.45, 2.75) is 38.1 Å². The molecule has 0 bridgehead atoms. The minimum absolute atomic E-state index is 0.148. The number of hydrogen-bond acceptors (Lipinski definition) is 4. The number of nitriles is 1. The van der Waals surface area contributed by atoms with Crippen molar-refractivity contribution in [1.29, 1.82) is 5.26 Å². The van der Waals surface area contributed by atoms with E-state index in [9.17, 15) is 4.79 Å². The minimum Gasteiger partial charge on any atom is -0.369 e. The molecule has 5 heteroatoms. The number of hydrogen-bond donors (Lipinski definition) is 2. The van der Waals surface area contributed by atoms with Crippen molar-refractivity contribution in [3.05, 3.63) is 0 Å². The van der Waals surface area contributed by atoms with E-state index in [4.69, 9.17) is 11.0 Å². The van der Waals surface area contributed by atoms with Crippen LogP contribution in [-0.2, 0) is 4.79 Å². The van der Waals surface area contributed by atoms with Crippen molar-refractivity contribution in [3.63, 3.8) is 0 Å². The van der Waals surface area contributed by atoms with Gasteiger partial charge in [0.2, 0.25) is 5.91 Å². The number of piperidine rings is 1. The van der Waals surface area contributed by atoms with Gasteiger partial charge in [-0.3, -0.25) is 9.69 Å². The molecule has 3 N–H and O–H groups in total. The Morgan fingerprint density at radius 3 is 2.61 bits per heavy atom. The van der Waals surface area contributed by atoms with E-state index in [0.29, 0.717) is 19.0 Å². The maximum atomic E-state index is 11.2. The fourth-order valence-corrected chi connectivity index (χ4v) is 2.85. The van der Waals surface area contributed by atoms with Crippen LogP contribution < -0.4 is 11.1 Å². The number of nitrogens with two attached hydrogens (primary N) is 1. The summed E-state index contributed by atoms with van der Waals surface area (Å²) in [5.41, 5.74) is 5.50. The zero-order chi connectivity index (χ0) is 13.0. The Bertz CT molecular complexity index is 339. The van der Waals surface area contributed by atoms with Gasteiger partial charge in [-0.05, 0) is 44.2 Å². The Hall–Kier alpha value is -1.12. The average Bonchev–Trinajstić information content (AvgIpc) is 3.09. The van der Waals surface area contributed by atoms with Gasteiger partial charge in [-0.25, -0.2) is 0 Å². The Balaban J connectivity index is 1.96. The molecule has 0 aromatic carbocycles. The summed E-state index contributed by atoms with van der Waals surface area (Å²) < 4.78 is 0. The first-order chi connectivity index (χ1) is 8.65. The zero-order valence-corrected chi connectivity index (χ0v) is 10.8. The number of carbonyl (C=O) groups excluding carboxylic acids is 1. The molecule has 0 aromatic heterocycles. The lowest BCUT2D eigenvalue weighted by Gasteiger charge is -2.35. The molecule has 2 aliphatic rings. The Morgan fingerprint density at radius 2 is 2.11 bits per heavy atom. The third-order valence-electron chi connectivity index (χ3n) is 4.13. The van der Waals surface area contributed by atoms with Gasteiger partial charge in [0.05, 0.1) is 12.6 Å². The lowest BCUT2D eigenvalue weighted by Crippen LogP contribution is -2.48. The largest absolute Gasteiger partial charge is 0.369 e. The molecular weight excluding hydrogens is 228 g/mol. The first-order valence-electron chi connectivity index (χ1n) is 6.75. The van der Waals surface area contributed by atoms with Gasteiger partial charge in [-0.15, -0.1) is 0 Å². The molecule has 0 aromatic rings. The molecule has 5 nitrogen and oxygen atoms in total. The van der Waals surface area contributed by atoms with Gasteiger partial charge in [0.15, 0.2) is 0 Å². The zero-order valence-electron chi connectivity index (χ0n) is 10.8. The van der Waals surface area contributed by atoms with Gasteiger partial charge in [0.25, 0.3) is 0 Å². The predicted molar refractivity (Wildman–Crippen MR) is 68.6 cm³/mol. The van der Waals surface area contributed by atoms with Crippen LogP contribution in [0.4, 0.5) is 0 Å². The van der Waals surface area contributed by atoms with Crippen molar-refractivity contribution in [1.82, 2.24) is 10.2 Å². The first kappa shape index (κ1) is 13.3. The molecule has 1 aliphatic carbocycles. The van der Waals surface area contributed by atoms with Crippen molar-refractivity contribution in [3.8, 4) is 6.07 Å². The highest BCUT2D eigenvalue weighted by molar-refractivity contribution is 5.76. The molecule has 1 heterocycles. The van der Waals surface area contributed by atoms with E-state index in [-0.39, 0.29) is 11.3 Å². The topological polar surface area (TPSA) is 82.2 Å². The minimum atomic E-state index is -0.263. The molecule has 1 aliphatic heterocycles. The van der Waals surface area contributed by atoms with Crippen LogP contribution in [0.2, 0.25) is 0 Å². The third-order valence-corrected chi connectivity index (χ3v) is 4.13. The fraction of sp³-hybridized carbons (Fsp3) is 0.846. The summed E-state index contributed by atoms with van der Waals surface area (Å²) in [5, 5.41) is 12.2. The lowest BCUT2D eigenvalue weighted by atomic mass is 9.98. The summed E-state index contributed by atoms with van der Waals surface area (Å²) in [6, 6.07) is 2.72. The maximum Gasteiger partial charge on any atom is 0.231 e. The average molecular weight is 250 g/mol. The van der Waals surface area contributed by atoms with E-state index in [1.54, 1.807) is 0 Å². The second-order valence-corrected chi connectivity index (χ2v) is 5.69. The van der Waals surface area contributed by atoms with E-state index in [1.807, 2.05) is 0 Å². The van der Waals surface area contributed by atoms with Gasteiger partial charge in [-0.1, -0.05) is 0 Å². The molecule has 0 unspecified atom stereocenters. The number of amides is 1. The standard InChI is InChI=1S/C13H22N4O/c14-6-5-13(3-4-13)10-17(9-12(15)18)11-1-7-16-8-2-11/h11,16H,1-5,7-10H2,(H2,15,18). The van der Waals surface area contributed by atoms with Gasteiger partial charge in [-0.2, -0.15) is 5.26 Å². The Labute approximate surface area is 108 Å². The second-order valence-electron chi connectivity index (χ2n) is 5.69. The predicted octanol–water partition coefficient (Wildman–Crippen LogP) is 0.220. The van der Waals surface area contributed by atoms with Crippen LogP contribution in [0.3, 0.4) is 0 Å². The number of carbonyl (C=O) groups is 1. The molecule has 0 atom stereocenters. The molecule has 100 valence electrons. The van der Waals surface area contributed by atoms with Crippen molar-refractivity contribution in [2.75, 3.05) is 26.2 Å². The highest BCUT2D eigenvalue weighted by Gasteiger charge is 2.44. The highest BCUT2D eigenvalue weighted by Crippen LogP contribution is 2.49. The summed E-state index contributed by atoms with van der Waals surface area (Å²) in [7, 11) is 0. The molecule has 2 rings (SSSR count). The lowest BCUT2D eigenvalue weighted by molar-refractivity contribution is -0.120. The first-order valence-corrected chi connectivity index (χ1v) is 6.75. The van der Waals surface area contributed by atoms with Crippen LogP contribution in [0.15, 0.2) is 0 Å². The van der Waals surface area contributed by atoms with Gasteiger partial charge >= 0.3 is 0 Å². The highest BCUT2D eigenvalue weighted by atomic mass is 16.1. The van der Waals surface area contributed by atoms with Crippen LogP contribution >= 0.6 is 0 Å². The molecule has 18 heavy (non-hydrogen) atoms. The monoisotopic (exact) mass is 250 g/mol. The van der Waals surface area contributed by atoms with Crippen LogP contribution in [0, 0.1) is 16.7 Å². The molecule has 2 fully saturated rings. The van der Waals surface area contributed by atoms with E-state index in [1.165, 1.54) is 0 Å². The maximum absolute atomic E-state index is 11.2. The number of primary amides is 1. The van der Waals surface area contributed by atoms with Crippen LogP contribution in [0.25, 0.3) is 0 Å². The van der Waals surface area contributed by atoms with E-state index in [0.717, 1.165) is 45.3 Å². The summed E-state index contributed by atoms with van der Waals surface area (Å²) >= 11 is 0. The summed E-state index contributed by atoms with van der Waals surface area (Å²) in [5.74, 6) is -0.263. The van der Waals surface area contributed by atoms with Gasteiger partial charge in [0, 0.05) is 19.0 Å². The quantitative estimate of drug-likeness (QED) is 0.706. The van der Waals surface area contributed by atoms with E-state index in [2.05, 4.69) is 16.3 Å². The summed E-state index contributed by atoms with van der Waals surface area (Å²) in [6.45, 7) is 3.20. The Morgan fingerprint density at radius 1 is 1.44 bits per heavy atom. The molecule has 0 radical (unpaired) electrons. The van der Waals surface area contributed by atoms with Crippen molar-refractivity contribution < 1.29 is 4.79 Å². The normalized spacial score (nSPS) is 22.7. The van der Waals surface area contributed by atoms with Crippen LogP contribution in [-0.4, -0.2) is 43.0 Å². The molecule has 0 spiro atoms. The Kier molecular flexibility index (Phi) is 4.20. The van der Waals surface area contributed by atoms with Gasteiger partial charge in [0.1, 0.15) is 0 Å². The molecular formula is C13H22N4O. The summed E-state index contributed by atoms with van der Waals surface area (Å²) in [4.78, 5) is 13.4. The molecule has 1 saturated heterocycles. The third kappa shape index (κ3) is 3.44. The number of nitrogens with zero attached hydrogens (tertiary/aromatic N) is 2. The second kappa shape index (κ2) is 5.68. The van der Waals surface area contributed by atoms with Gasteiger partial charge < -0.3 is 11.1 Å². The van der Waals surface area contributed by atoms with Crippen molar-refractivity contribution in [2.24, 2.45) is 11.1 Å². The van der Waals surface area contributed by atoms with E-state index >= 15 is 0 Å². The van der Waals surface area contributed by atoms with E-state index < -0.39 is 0 Å². The van der Waals surface area contributed by atoms with Crippen LogP contribution in [0.5, 0.6) is 0 Å². The number of nitrogens with one attached hydrogen (secondary N) is 1. The molecule has 1 saturated carbocycles. The van der Waals surface area contributed by atoms with Crippen molar-refractivity contribution >= 4 is 5.91 Å².